The minimum atomic E-state index is -0.376. The molecule has 0 atom stereocenters. The first-order chi connectivity index (χ1) is 17.5. The van der Waals surface area contributed by atoms with Gasteiger partial charge >= 0.3 is 5.97 Å². The summed E-state index contributed by atoms with van der Waals surface area (Å²) in [5, 5.41) is 3.00. The van der Waals surface area contributed by atoms with Gasteiger partial charge in [0.2, 0.25) is 0 Å². The Kier molecular flexibility index (Phi) is 8.15. The van der Waals surface area contributed by atoms with Gasteiger partial charge in [-0.05, 0) is 49.2 Å². The van der Waals surface area contributed by atoms with Crippen molar-refractivity contribution in [2.75, 3.05) is 18.9 Å². The van der Waals surface area contributed by atoms with Crippen LogP contribution in [0.4, 0.5) is 5.82 Å². The number of anilines is 1. The molecule has 4 rings (SSSR count). The van der Waals surface area contributed by atoms with Gasteiger partial charge in [-0.2, -0.15) is 0 Å². The minimum Gasteiger partial charge on any atom is -0.462 e. The summed E-state index contributed by atoms with van der Waals surface area (Å²) in [6.45, 7) is 5.07. The molecule has 2 aromatic heterocycles. The number of para-hydroxylation sites is 2. The molecule has 36 heavy (non-hydrogen) atoms. The third-order valence-electron chi connectivity index (χ3n) is 6.09. The summed E-state index contributed by atoms with van der Waals surface area (Å²) in [7, 11) is 0. The Hall–Kier alpha value is -3.94. The van der Waals surface area contributed by atoms with Gasteiger partial charge in [-0.3, -0.25) is 9.36 Å². The van der Waals surface area contributed by atoms with Crippen LogP contribution in [0.3, 0.4) is 0 Å². The highest BCUT2D eigenvalue weighted by Crippen LogP contribution is 2.31. The highest BCUT2D eigenvalue weighted by atomic mass is 16.5. The maximum absolute atomic E-state index is 13.3. The second kappa shape index (κ2) is 11.7. The number of carbonyl (C=O) groups is 2. The van der Waals surface area contributed by atoms with Gasteiger partial charge in [0.1, 0.15) is 16.9 Å². The number of nitrogens with two attached hydrogens (primary N) is 1. The van der Waals surface area contributed by atoms with E-state index >= 15 is 0 Å². The molecule has 8 heteroatoms. The summed E-state index contributed by atoms with van der Waals surface area (Å²) < 4.78 is 6.94. The highest BCUT2D eigenvalue weighted by Gasteiger charge is 2.24. The molecule has 2 heterocycles. The first-order valence-electron chi connectivity index (χ1n) is 12.7. The average Bonchev–Trinajstić information content (AvgIpc) is 3.18. The van der Waals surface area contributed by atoms with Gasteiger partial charge in [0, 0.05) is 12.2 Å². The van der Waals surface area contributed by atoms with Gasteiger partial charge in [0.25, 0.3) is 5.91 Å². The van der Waals surface area contributed by atoms with Crippen molar-refractivity contribution in [3.05, 3.63) is 59.7 Å². The molecule has 0 spiro atoms. The lowest BCUT2D eigenvalue weighted by molar-refractivity contribution is 0.0505. The van der Waals surface area contributed by atoms with Gasteiger partial charge in [0.15, 0.2) is 5.65 Å². The van der Waals surface area contributed by atoms with E-state index in [0.29, 0.717) is 52.2 Å². The van der Waals surface area contributed by atoms with Crippen LogP contribution >= 0.6 is 0 Å². The summed E-state index contributed by atoms with van der Waals surface area (Å²) in [5.41, 5.74) is 10.3. The lowest BCUT2D eigenvalue weighted by atomic mass is 10.1. The van der Waals surface area contributed by atoms with E-state index in [1.165, 1.54) is 12.8 Å². The molecule has 0 bridgehead atoms. The number of rotatable bonds is 11. The van der Waals surface area contributed by atoms with E-state index in [2.05, 4.69) is 12.2 Å². The van der Waals surface area contributed by atoms with Crippen molar-refractivity contribution in [3.63, 3.8) is 0 Å². The quantitative estimate of drug-likeness (QED) is 0.216. The SMILES string of the molecule is CCCCCCCNC(=O)c1c(N)n(-c2ccc(C(=O)OCCC)cc2)c2nc3ccccc3nc12. The Bertz CT molecular complexity index is 1360. The Morgan fingerprint density at radius 2 is 1.61 bits per heavy atom. The van der Waals surface area contributed by atoms with Gasteiger partial charge in [-0.15, -0.1) is 0 Å². The third-order valence-corrected chi connectivity index (χ3v) is 6.09. The fraction of sp³-hybridized carbons (Fsp3) is 0.357. The van der Waals surface area contributed by atoms with Crippen LogP contribution in [-0.4, -0.2) is 39.6 Å². The Morgan fingerprint density at radius 1 is 0.917 bits per heavy atom. The van der Waals surface area contributed by atoms with Crippen LogP contribution in [-0.2, 0) is 4.74 Å². The van der Waals surface area contributed by atoms with Crippen LogP contribution in [0.2, 0.25) is 0 Å². The van der Waals surface area contributed by atoms with Crippen molar-refractivity contribution in [3.8, 4) is 5.69 Å². The summed E-state index contributed by atoms with van der Waals surface area (Å²) in [6, 6.07) is 14.4. The first-order valence-corrected chi connectivity index (χ1v) is 12.7. The van der Waals surface area contributed by atoms with Crippen molar-refractivity contribution in [2.45, 2.75) is 52.4 Å². The van der Waals surface area contributed by atoms with Crippen molar-refractivity contribution in [1.82, 2.24) is 19.9 Å². The lowest BCUT2D eigenvalue weighted by Crippen LogP contribution is -2.25. The molecular weight excluding hydrogens is 454 g/mol. The lowest BCUT2D eigenvalue weighted by Gasteiger charge is -2.09. The number of hydrogen-bond donors (Lipinski definition) is 2. The molecular formula is C28H33N5O3. The Balaban J connectivity index is 1.71. The first kappa shape index (κ1) is 25.2. The second-order valence-electron chi connectivity index (χ2n) is 8.83. The van der Waals surface area contributed by atoms with Crippen LogP contribution in [0.25, 0.3) is 27.9 Å². The number of fused-ring (bicyclic) bond motifs is 2. The molecule has 1 amide bonds. The van der Waals surface area contributed by atoms with E-state index in [9.17, 15) is 9.59 Å². The van der Waals surface area contributed by atoms with Gasteiger partial charge in [-0.25, -0.2) is 14.8 Å². The predicted molar refractivity (Wildman–Crippen MR) is 142 cm³/mol. The Labute approximate surface area is 210 Å². The maximum atomic E-state index is 13.3. The van der Waals surface area contributed by atoms with Crippen molar-refractivity contribution in [2.24, 2.45) is 0 Å². The molecule has 3 N–H and O–H groups in total. The van der Waals surface area contributed by atoms with Crippen molar-refractivity contribution < 1.29 is 14.3 Å². The van der Waals surface area contributed by atoms with Gasteiger partial charge < -0.3 is 15.8 Å². The van der Waals surface area contributed by atoms with E-state index in [1.807, 2.05) is 31.2 Å². The second-order valence-corrected chi connectivity index (χ2v) is 8.83. The average molecular weight is 488 g/mol. The molecule has 0 radical (unpaired) electrons. The largest absolute Gasteiger partial charge is 0.462 e. The highest BCUT2D eigenvalue weighted by molar-refractivity contribution is 6.11. The summed E-state index contributed by atoms with van der Waals surface area (Å²) in [5.74, 6) is -0.389. The molecule has 4 aromatic rings. The molecule has 0 aliphatic rings. The number of nitrogen functional groups attached to an aromatic ring is 1. The number of aromatic nitrogens is 3. The molecule has 0 unspecified atom stereocenters. The normalized spacial score (nSPS) is 11.2. The molecule has 0 saturated heterocycles. The number of benzene rings is 2. The smallest absolute Gasteiger partial charge is 0.338 e. The van der Waals surface area contributed by atoms with Crippen LogP contribution in [0.1, 0.15) is 73.1 Å². The number of nitrogens with zero attached hydrogens (tertiary/aromatic N) is 3. The summed E-state index contributed by atoms with van der Waals surface area (Å²) in [6.07, 6.45) is 6.28. The van der Waals surface area contributed by atoms with Gasteiger partial charge in [0.05, 0.1) is 23.2 Å². The van der Waals surface area contributed by atoms with E-state index in [1.54, 1.807) is 28.8 Å². The Morgan fingerprint density at radius 3 is 2.31 bits per heavy atom. The third kappa shape index (κ3) is 5.32. The zero-order valence-electron chi connectivity index (χ0n) is 20.9. The number of ether oxygens (including phenoxy) is 1. The monoisotopic (exact) mass is 487 g/mol. The fourth-order valence-corrected chi connectivity index (χ4v) is 4.19. The number of unbranched alkanes of at least 4 members (excludes halogenated alkanes) is 4. The van der Waals surface area contributed by atoms with Crippen molar-refractivity contribution >= 4 is 39.9 Å². The molecule has 0 fully saturated rings. The number of nitrogens with one attached hydrogen (secondary N) is 1. The van der Waals surface area contributed by atoms with Crippen LogP contribution in [0, 0.1) is 0 Å². The fourth-order valence-electron chi connectivity index (χ4n) is 4.19. The number of carbonyl (C=O) groups excluding carboxylic acids is 2. The summed E-state index contributed by atoms with van der Waals surface area (Å²) >= 11 is 0. The number of esters is 1. The molecule has 0 aliphatic heterocycles. The summed E-state index contributed by atoms with van der Waals surface area (Å²) in [4.78, 5) is 35.0. The minimum absolute atomic E-state index is 0.255. The van der Waals surface area contributed by atoms with Crippen LogP contribution < -0.4 is 11.1 Å². The van der Waals surface area contributed by atoms with Crippen LogP contribution in [0.5, 0.6) is 0 Å². The number of amides is 1. The van der Waals surface area contributed by atoms with E-state index in [0.717, 1.165) is 25.7 Å². The molecule has 0 aliphatic carbocycles. The molecule has 2 aromatic carbocycles. The standard InChI is InChI=1S/C28H33N5O3/c1-3-5-6-7-10-17-30-27(34)23-24-26(32-22-12-9-8-11-21(22)31-24)33(25(23)29)20-15-13-19(14-16-20)28(35)36-18-4-2/h8-9,11-16H,3-7,10,17-18,29H2,1-2H3,(H,30,34). The molecule has 188 valence electrons. The van der Waals surface area contributed by atoms with Gasteiger partial charge in [-0.1, -0.05) is 51.7 Å². The van der Waals surface area contributed by atoms with Crippen molar-refractivity contribution in [1.29, 1.82) is 0 Å². The van der Waals surface area contributed by atoms with E-state index in [-0.39, 0.29) is 17.7 Å². The topological polar surface area (TPSA) is 112 Å². The van der Waals surface area contributed by atoms with E-state index in [4.69, 9.17) is 20.4 Å². The zero-order chi connectivity index (χ0) is 25.5. The maximum Gasteiger partial charge on any atom is 0.338 e. The number of hydrogen-bond acceptors (Lipinski definition) is 6. The van der Waals surface area contributed by atoms with Crippen LogP contribution in [0.15, 0.2) is 48.5 Å². The van der Waals surface area contributed by atoms with E-state index < -0.39 is 0 Å². The molecule has 0 saturated carbocycles. The predicted octanol–water partition coefficient (Wildman–Crippen LogP) is 5.42. The molecule has 8 nitrogen and oxygen atoms in total. The zero-order valence-corrected chi connectivity index (χ0v) is 20.9.